The largest absolute Gasteiger partial charge is 0.409 e. The average molecular weight is 267 g/mol. The number of oxime groups is 1. The molecule has 1 heterocycles. The number of hydrogen-bond acceptors (Lipinski definition) is 6. The molecule has 0 aliphatic carbocycles. The van der Waals surface area contributed by atoms with Gasteiger partial charge in [0.2, 0.25) is 5.95 Å². The second-order valence-corrected chi connectivity index (χ2v) is 4.39. The Morgan fingerprint density at radius 3 is 2.74 bits per heavy atom. The van der Waals surface area contributed by atoms with Gasteiger partial charge in [-0.15, -0.1) is 0 Å². The summed E-state index contributed by atoms with van der Waals surface area (Å²) in [6, 6.07) is 1.66. The van der Waals surface area contributed by atoms with E-state index < -0.39 is 0 Å². The Morgan fingerprint density at radius 1 is 1.37 bits per heavy atom. The minimum absolute atomic E-state index is 0.0274. The average Bonchev–Trinajstić information content (AvgIpc) is 2.41. The topological polar surface area (TPSA) is 108 Å². The molecule has 0 bridgehead atoms. The number of nitrogens with two attached hydrogens (primary N) is 1. The zero-order valence-electron chi connectivity index (χ0n) is 11.4. The van der Waals surface area contributed by atoms with Crippen molar-refractivity contribution in [1.82, 2.24) is 9.97 Å². The van der Waals surface area contributed by atoms with E-state index in [0.29, 0.717) is 11.6 Å². The molecule has 7 nitrogen and oxygen atoms in total. The molecule has 0 amide bonds. The van der Waals surface area contributed by atoms with Crippen LogP contribution in [0, 0.1) is 6.92 Å². The number of rotatable bonds is 7. The summed E-state index contributed by atoms with van der Waals surface area (Å²) in [4.78, 5) is 10.5. The summed E-state index contributed by atoms with van der Waals surface area (Å²) in [7, 11) is 1.89. The number of unbranched alkanes of at least 4 members (excludes halogenated alkanes) is 2. The third-order valence-electron chi connectivity index (χ3n) is 2.71. The van der Waals surface area contributed by atoms with Crippen LogP contribution >= 0.6 is 0 Å². The number of aryl methyl sites for hydroxylation is 1. The fourth-order valence-corrected chi connectivity index (χ4v) is 1.64. The fraction of sp³-hybridized carbons (Fsp3) is 0.583. The summed E-state index contributed by atoms with van der Waals surface area (Å²) in [5.41, 5.74) is 6.70. The van der Waals surface area contributed by atoms with Crippen LogP contribution in [0.2, 0.25) is 0 Å². The lowest BCUT2D eigenvalue weighted by Crippen LogP contribution is -2.24. The Bertz CT molecular complexity index is 436. The van der Waals surface area contributed by atoms with Gasteiger partial charge in [-0.25, -0.2) is 9.97 Å². The van der Waals surface area contributed by atoms with Crippen LogP contribution in [0.5, 0.6) is 0 Å². The van der Waals surface area contributed by atoms with Gasteiger partial charge in [-0.1, -0.05) is 5.16 Å². The van der Waals surface area contributed by atoms with Gasteiger partial charge >= 0.3 is 0 Å². The van der Waals surface area contributed by atoms with Gasteiger partial charge in [0.15, 0.2) is 5.84 Å². The van der Waals surface area contributed by atoms with E-state index in [9.17, 15) is 0 Å². The van der Waals surface area contributed by atoms with Gasteiger partial charge in [0.1, 0.15) is 5.69 Å². The lowest BCUT2D eigenvalue weighted by molar-refractivity contribution is 0.283. The van der Waals surface area contributed by atoms with Gasteiger partial charge in [-0.05, 0) is 32.3 Å². The molecule has 0 aromatic carbocycles. The Morgan fingerprint density at radius 2 is 2.11 bits per heavy atom. The first-order chi connectivity index (χ1) is 9.08. The van der Waals surface area contributed by atoms with Gasteiger partial charge in [0.05, 0.1) is 0 Å². The first-order valence-electron chi connectivity index (χ1n) is 6.24. The van der Waals surface area contributed by atoms with Crippen molar-refractivity contribution in [2.75, 3.05) is 25.1 Å². The Kier molecular flexibility index (Phi) is 6.01. The first-order valence-corrected chi connectivity index (χ1v) is 6.24. The minimum Gasteiger partial charge on any atom is -0.409 e. The molecule has 1 rings (SSSR count). The third kappa shape index (κ3) is 4.70. The van der Waals surface area contributed by atoms with Crippen molar-refractivity contribution < 1.29 is 10.3 Å². The molecule has 0 saturated carbocycles. The maximum absolute atomic E-state index is 8.72. The van der Waals surface area contributed by atoms with Gasteiger partial charge in [0, 0.05) is 25.9 Å². The molecule has 0 fully saturated rings. The number of hydrogen-bond donors (Lipinski definition) is 3. The zero-order valence-corrected chi connectivity index (χ0v) is 11.4. The van der Waals surface area contributed by atoms with Crippen molar-refractivity contribution in [2.24, 2.45) is 10.9 Å². The van der Waals surface area contributed by atoms with Crippen LogP contribution in [-0.4, -0.2) is 46.3 Å². The first kappa shape index (κ1) is 15.2. The van der Waals surface area contributed by atoms with Crippen molar-refractivity contribution >= 4 is 11.8 Å². The molecule has 0 unspecified atom stereocenters. The molecule has 0 atom stereocenters. The quantitative estimate of drug-likeness (QED) is 0.218. The van der Waals surface area contributed by atoms with E-state index >= 15 is 0 Å². The molecule has 0 saturated heterocycles. The van der Waals surface area contributed by atoms with Gasteiger partial charge in [0.25, 0.3) is 0 Å². The number of nitrogens with zero attached hydrogens (tertiary/aromatic N) is 4. The van der Waals surface area contributed by atoms with E-state index in [4.69, 9.17) is 16.0 Å². The minimum atomic E-state index is -0.0274. The summed E-state index contributed by atoms with van der Waals surface area (Å²) in [6.07, 6.45) is 2.71. The predicted molar refractivity (Wildman–Crippen MR) is 73.5 cm³/mol. The maximum atomic E-state index is 8.72. The van der Waals surface area contributed by atoms with Gasteiger partial charge in [-0.2, -0.15) is 0 Å². The second-order valence-electron chi connectivity index (χ2n) is 4.39. The predicted octanol–water partition coefficient (Wildman–Crippen LogP) is 0.478. The molecule has 7 heteroatoms. The van der Waals surface area contributed by atoms with Gasteiger partial charge < -0.3 is 20.9 Å². The van der Waals surface area contributed by atoms with Crippen LogP contribution in [0.25, 0.3) is 0 Å². The summed E-state index contributed by atoms with van der Waals surface area (Å²) in [5, 5.41) is 20.3. The third-order valence-corrected chi connectivity index (χ3v) is 2.71. The smallest absolute Gasteiger partial charge is 0.225 e. The highest BCUT2D eigenvalue weighted by atomic mass is 16.4. The van der Waals surface area contributed by atoms with Crippen molar-refractivity contribution in [3.05, 3.63) is 17.5 Å². The lowest BCUT2D eigenvalue weighted by atomic mass is 10.2. The fourth-order valence-electron chi connectivity index (χ4n) is 1.64. The van der Waals surface area contributed by atoms with Crippen molar-refractivity contribution in [1.29, 1.82) is 0 Å². The highest BCUT2D eigenvalue weighted by Gasteiger charge is 2.09. The molecule has 0 spiro atoms. The number of anilines is 1. The van der Waals surface area contributed by atoms with E-state index in [1.54, 1.807) is 6.07 Å². The number of amidine groups is 1. The van der Waals surface area contributed by atoms with E-state index in [2.05, 4.69) is 15.1 Å². The molecule has 1 aromatic rings. The van der Waals surface area contributed by atoms with Crippen molar-refractivity contribution in [3.8, 4) is 0 Å². The Hall–Kier alpha value is -1.89. The summed E-state index contributed by atoms with van der Waals surface area (Å²) < 4.78 is 0. The summed E-state index contributed by atoms with van der Waals surface area (Å²) in [5.74, 6) is 0.519. The molecular weight excluding hydrogens is 246 g/mol. The summed E-state index contributed by atoms with van der Waals surface area (Å²) >= 11 is 0. The van der Waals surface area contributed by atoms with Crippen LogP contribution < -0.4 is 10.6 Å². The SMILES string of the molecule is Cc1cc(/C(N)=N/O)nc(N(C)CCCCCO)n1. The highest BCUT2D eigenvalue weighted by Crippen LogP contribution is 2.10. The molecule has 4 N–H and O–H groups in total. The lowest BCUT2D eigenvalue weighted by Gasteiger charge is -2.17. The van der Waals surface area contributed by atoms with Crippen molar-refractivity contribution in [3.63, 3.8) is 0 Å². The Labute approximate surface area is 112 Å². The molecule has 106 valence electrons. The van der Waals surface area contributed by atoms with E-state index in [-0.39, 0.29) is 12.4 Å². The molecule has 19 heavy (non-hydrogen) atoms. The second kappa shape index (κ2) is 7.52. The zero-order chi connectivity index (χ0) is 14.3. The standard InChI is InChI=1S/C12H21N5O2/c1-9-8-10(11(13)16-19)15-12(14-9)17(2)6-4-3-5-7-18/h8,18-19H,3-7H2,1-2H3,(H2,13,16). The molecular formula is C12H21N5O2. The summed E-state index contributed by atoms with van der Waals surface area (Å²) in [6.45, 7) is 2.84. The normalized spacial score (nSPS) is 11.6. The molecule has 1 aromatic heterocycles. The van der Waals surface area contributed by atoms with E-state index in [0.717, 1.165) is 31.5 Å². The van der Waals surface area contributed by atoms with Crippen LogP contribution in [0.1, 0.15) is 30.7 Å². The molecule has 0 aliphatic rings. The van der Waals surface area contributed by atoms with E-state index in [1.807, 2.05) is 18.9 Å². The number of aromatic nitrogens is 2. The van der Waals surface area contributed by atoms with Crippen LogP contribution in [0.15, 0.2) is 11.2 Å². The van der Waals surface area contributed by atoms with Crippen molar-refractivity contribution in [2.45, 2.75) is 26.2 Å². The Balaban J connectivity index is 2.74. The molecule has 0 aliphatic heterocycles. The number of aliphatic hydroxyl groups is 1. The number of aliphatic hydroxyl groups excluding tert-OH is 1. The van der Waals surface area contributed by atoms with Crippen LogP contribution in [0.3, 0.4) is 0 Å². The van der Waals surface area contributed by atoms with Crippen LogP contribution in [-0.2, 0) is 0 Å². The van der Waals surface area contributed by atoms with Gasteiger partial charge in [-0.3, -0.25) is 0 Å². The maximum Gasteiger partial charge on any atom is 0.225 e. The molecule has 0 radical (unpaired) electrons. The van der Waals surface area contributed by atoms with Crippen LogP contribution in [0.4, 0.5) is 5.95 Å². The highest BCUT2D eigenvalue weighted by molar-refractivity contribution is 5.95. The van der Waals surface area contributed by atoms with E-state index in [1.165, 1.54) is 0 Å². The monoisotopic (exact) mass is 267 g/mol.